The molecule has 13 heteroatoms. The Bertz CT molecular complexity index is 1400. The molecule has 4 saturated carbocycles. The molecule has 0 aromatic rings. The second-order valence-electron chi connectivity index (χ2n) is 17.8. The van der Waals surface area contributed by atoms with Crippen molar-refractivity contribution in [3.63, 3.8) is 0 Å². The molecule has 0 aliphatic heterocycles. The minimum absolute atomic E-state index is 0. The molecule has 0 aromatic carbocycles. The SMILES string of the molecule is CCCCCCCCC(CCCCCCCC)(C(=O)[O-])C(C(=O)O[C@]1(C(=O)CO)CC[C@H]2[C@@H]3CC[C@@H]4C[C@H](O)CC[C@]4(C)[C@H]3C(=O)C[C@@]21C)S(=O)(=O)O.[Na+]. The molecule has 4 rings (SSSR count). The van der Waals surface area contributed by atoms with Crippen LogP contribution in [-0.2, 0) is 34.0 Å². The number of ether oxygens (including phenoxy) is 1. The summed E-state index contributed by atoms with van der Waals surface area (Å²) in [5.41, 5.74) is -6.06. The Morgan fingerprint density at radius 3 is 1.96 bits per heavy atom. The van der Waals surface area contributed by atoms with E-state index < -0.39 is 62.2 Å². The van der Waals surface area contributed by atoms with Crippen molar-refractivity contribution in [2.75, 3.05) is 6.61 Å². The normalized spacial score (nSPS) is 32.8. The van der Waals surface area contributed by atoms with Gasteiger partial charge in [0.05, 0.1) is 6.10 Å². The molecule has 1 unspecified atom stereocenters. The number of aliphatic hydroxyl groups is 2. The molecule has 0 saturated heterocycles. The number of hydrogen-bond acceptors (Lipinski definition) is 10. The van der Waals surface area contributed by atoms with Gasteiger partial charge in [0.1, 0.15) is 12.4 Å². The average molecular weight is 791 g/mol. The number of ketones is 2. The first-order chi connectivity index (χ1) is 25.0. The number of carbonyl (C=O) groups excluding carboxylic acids is 4. The monoisotopic (exact) mass is 790 g/mol. The maximum Gasteiger partial charge on any atom is 1.00 e. The molecule has 0 spiro atoms. The molecular formula is C41H67NaO11S. The van der Waals surface area contributed by atoms with E-state index in [-0.39, 0.29) is 103 Å². The molecule has 0 amide bonds. The first kappa shape index (κ1) is 47.5. The van der Waals surface area contributed by atoms with E-state index in [4.69, 9.17) is 4.74 Å². The van der Waals surface area contributed by atoms with Crippen molar-refractivity contribution in [1.82, 2.24) is 0 Å². The topological polar surface area (TPSA) is 195 Å². The molecule has 4 aliphatic carbocycles. The van der Waals surface area contributed by atoms with Gasteiger partial charge in [-0.3, -0.25) is 18.9 Å². The van der Waals surface area contributed by atoms with Crippen LogP contribution in [0.3, 0.4) is 0 Å². The van der Waals surface area contributed by atoms with Crippen molar-refractivity contribution in [3.05, 3.63) is 0 Å². The van der Waals surface area contributed by atoms with E-state index in [9.17, 15) is 47.5 Å². The minimum Gasteiger partial charge on any atom is -0.549 e. The number of unbranched alkanes of at least 4 members (excludes halogenated alkanes) is 10. The number of hydrogen-bond donors (Lipinski definition) is 3. The van der Waals surface area contributed by atoms with Crippen LogP contribution in [0.2, 0.25) is 0 Å². The zero-order chi connectivity index (χ0) is 39.2. The van der Waals surface area contributed by atoms with Gasteiger partial charge in [-0.05, 0) is 81.0 Å². The fourth-order valence-corrected chi connectivity index (χ4v) is 13.0. The van der Waals surface area contributed by atoms with E-state index in [0.29, 0.717) is 44.9 Å². The summed E-state index contributed by atoms with van der Waals surface area (Å²) in [5.74, 6) is -4.83. The summed E-state index contributed by atoms with van der Waals surface area (Å²) in [6.45, 7) is 6.94. The third-order valence-electron chi connectivity index (χ3n) is 14.7. The number of carbonyl (C=O) groups is 4. The van der Waals surface area contributed by atoms with Crippen LogP contribution in [0.4, 0.5) is 0 Å². The summed E-state index contributed by atoms with van der Waals surface area (Å²) < 4.78 is 43.5. The van der Waals surface area contributed by atoms with E-state index in [1.807, 2.05) is 0 Å². The van der Waals surface area contributed by atoms with Crippen molar-refractivity contribution in [3.8, 4) is 0 Å². The number of carboxylic acid groups (broad SMARTS) is 1. The van der Waals surface area contributed by atoms with Crippen LogP contribution in [0.15, 0.2) is 0 Å². The molecule has 4 fully saturated rings. The van der Waals surface area contributed by atoms with Gasteiger partial charge in [0.25, 0.3) is 10.1 Å². The standard InChI is InChI=1S/C41H68O11S.Na/c1-5-7-9-11-13-15-21-40(37(47)48,22-16-14-12-10-8-6-2)35(53(49,50)51)36(46)52-41(33(45)27-42)24-20-31-30-18-17-28-25-29(43)19-23-38(28,3)34(30)32(44)26-39(31,41)4;/h28-31,34-35,42-43H,5-27H2,1-4H3,(H,47,48)(H,49,50,51);/q;+1/p-1/t28-,29-,30+,31+,34-,35?,38+,39+,41+;/m1./s1. The minimum atomic E-state index is -5.43. The third kappa shape index (κ3) is 9.36. The first-order valence-electron chi connectivity index (χ1n) is 20.7. The first-order valence-corrected chi connectivity index (χ1v) is 22.2. The van der Waals surface area contributed by atoms with Gasteiger partial charge in [-0.2, -0.15) is 8.42 Å². The Kier molecular flexibility index (Phi) is 17.3. The van der Waals surface area contributed by atoms with Gasteiger partial charge in [0.15, 0.2) is 10.9 Å². The Morgan fingerprint density at radius 2 is 1.44 bits per heavy atom. The zero-order valence-corrected chi connectivity index (χ0v) is 36.6. The van der Waals surface area contributed by atoms with Crippen molar-refractivity contribution in [1.29, 1.82) is 0 Å². The van der Waals surface area contributed by atoms with E-state index in [1.165, 1.54) is 0 Å². The largest absolute Gasteiger partial charge is 1.00 e. The van der Waals surface area contributed by atoms with Gasteiger partial charge in [0, 0.05) is 29.1 Å². The van der Waals surface area contributed by atoms with Crippen LogP contribution in [-0.4, -0.2) is 70.3 Å². The van der Waals surface area contributed by atoms with Gasteiger partial charge in [-0.25, -0.2) is 0 Å². The van der Waals surface area contributed by atoms with Crippen molar-refractivity contribution < 1.29 is 81.8 Å². The summed E-state index contributed by atoms with van der Waals surface area (Å²) in [5, 5.41) is 31.5. The second-order valence-corrected chi connectivity index (χ2v) is 19.3. The summed E-state index contributed by atoms with van der Waals surface area (Å²) >= 11 is 0. The average Bonchev–Trinajstić information content (AvgIpc) is 3.38. The van der Waals surface area contributed by atoms with Crippen LogP contribution in [0.25, 0.3) is 0 Å². The van der Waals surface area contributed by atoms with E-state index in [1.54, 1.807) is 6.92 Å². The summed E-state index contributed by atoms with van der Waals surface area (Å²) in [6, 6.07) is 0. The molecule has 4 aliphatic rings. The Balaban J connectivity index is 0.00000784. The molecular weight excluding hydrogens is 723 g/mol. The predicted molar refractivity (Wildman–Crippen MR) is 198 cm³/mol. The van der Waals surface area contributed by atoms with Crippen molar-refractivity contribution in [2.24, 2.45) is 39.9 Å². The zero-order valence-electron chi connectivity index (χ0n) is 33.7. The predicted octanol–water partition coefficient (Wildman–Crippen LogP) is 2.91. The maximum absolute atomic E-state index is 14.5. The molecule has 0 aromatic heterocycles. The number of aliphatic carboxylic acids is 1. The van der Waals surface area contributed by atoms with Gasteiger partial charge >= 0.3 is 35.5 Å². The summed E-state index contributed by atoms with van der Waals surface area (Å²) in [4.78, 5) is 56.1. The molecule has 0 radical (unpaired) electrons. The molecule has 0 heterocycles. The molecule has 9 atom stereocenters. The van der Waals surface area contributed by atoms with Crippen LogP contribution < -0.4 is 34.7 Å². The Morgan fingerprint density at radius 1 is 0.889 bits per heavy atom. The Hall–Kier alpha value is -0.890. The molecule has 3 N–H and O–H groups in total. The smallest absolute Gasteiger partial charge is 0.549 e. The Labute approximate surface area is 345 Å². The number of fused-ring (bicyclic) bond motifs is 5. The fourth-order valence-electron chi connectivity index (χ4n) is 11.8. The van der Waals surface area contributed by atoms with Crippen LogP contribution in [0, 0.1) is 39.9 Å². The fraction of sp³-hybridized carbons (Fsp3) is 0.902. The summed E-state index contributed by atoms with van der Waals surface area (Å²) in [6.07, 6.45) is 11.9. The number of esters is 1. The summed E-state index contributed by atoms with van der Waals surface area (Å²) in [7, 11) is -5.43. The third-order valence-corrected chi connectivity index (χ3v) is 15.9. The number of Topliss-reactive ketones (excluding diaryl/α,β-unsaturated/α-hetero) is 2. The molecule has 54 heavy (non-hydrogen) atoms. The van der Waals surface area contributed by atoms with E-state index in [2.05, 4.69) is 20.8 Å². The molecule has 304 valence electrons. The van der Waals surface area contributed by atoms with Crippen LogP contribution >= 0.6 is 0 Å². The number of rotatable bonds is 21. The number of aliphatic hydroxyl groups excluding tert-OH is 2. The number of carboxylic acids is 1. The van der Waals surface area contributed by atoms with E-state index in [0.717, 1.165) is 57.8 Å². The quantitative estimate of drug-likeness (QED) is 0.0670. The van der Waals surface area contributed by atoms with E-state index >= 15 is 0 Å². The second kappa shape index (κ2) is 19.7. The van der Waals surface area contributed by atoms with Crippen molar-refractivity contribution >= 4 is 33.6 Å². The maximum atomic E-state index is 14.5. The van der Waals surface area contributed by atoms with Crippen molar-refractivity contribution in [2.45, 2.75) is 186 Å². The molecule has 11 nitrogen and oxygen atoms in total. The van der Waals surface area contributed by atoms with Gasteiger partial charge in [-0.15, -0.1) is 0 Å². The molecule has 0 bridgehead atoms. The van der Waals surface area contributed by atoms with Gasteiger partial charge in [-0.1, -0.05) is 105 Å². The van der Waals surface area contributed by atoms with Crippen LogP contribution in [0.5, 0.6) is 0 Å². The van der Waals surface area contributed by atoms with Gasteiger partial charge < -0.3 is 24.9 Å². The van der Waals surface area contributed by atoms with Crippen LogP contribution in [0.1, 0.15) is 169 Å². The van der Waals surface area contributed by atoms with Gasteiger partial charge in [0.2, 0.25) is 5.78 Å².